The molecule has 0 spiro atoms. The molecule has 1 saturated carbocycles. The van der Waals surface area contributed by atoms with E-state index in [1.807, 2.05) is 11.8 Å². The lowest BCUT2D eigenvalue weighted by molar-refractivity contribution is -0.140. The van der Waals surface area contributed by atoms with Gasteiger partial charge in [0.25, 0.3) is 0 Å². The molecule has 3 aliphatic rings. The van der Waals surface area contributed by atoms with E-state index < -0.39 is 0 Å². The summed E-state index contributed by atoms with van der Waals surface area (Å²) in [6.45, 7) is 6.97. The number of unbranched alkanes of at least 4 members (excludes halogenated alkanes) is 2. The first-order valence-electron chi connectivity index (χ1n) is 11.7. The molecule has 0 aromatic rings. The second-order valence-corrected chi connectivity index (χ2v) is 9.67. The summed E-state index contributed by atoms with van der Waals surface area (Å²) in [6, 6.07) is 0. The van der Waals surface area contributed by atoms with Gasteiger partial charge in [-0.05, 0) is 50.4 Å². The molecule has 4 amide bonds. The highest BCUT2D eigenvalue weighted by atomic mass is 16.2. The minimum Gasteiger partial charge on any atom is -0.356 e. The van der Waals surface area contributed by atoms with Crippen molar-refractivity contribution in [3.05, 3.63) is 0 Å². The molecule has 1 aliphatic carbocycles. The van der Waals surface area contributed by atoms with Crippen molar-refractivity contribution in [2.75, 3.05) is 26.2 Å². The lowest BCUT2D eigenvalue weighted by Gasteiger charge is -2.37. The molecule has 30 heavy (non-hydrogen) atoms. The van der Waals surface area contributed by atoms with Crippen LogP contribution in [0.25, 0.3) is 0 Å². The average molecular weight is 420 g/mol. The van der Waals surface area contributed by atoms with Gasteiger partial charge < -0.3 is 10.2 Å². The molecule has 7 heteroatoms. The Bertz CT molecular complexity index is 651. The van der Waals surface area contributed by atoms with E-state index in [0.29, 0.717) is 37.8 Å². The van der Waals surface area contributed by atoms with Crippen molar-refractivity contribution in [1.82, 2.24) is 15.1 Å². The van der Waals surface area contributed by atoms with Crippen molar-refractivity contribution in [2.24, 2.45) is 23.7 Å². The van der Waals surface area contributed by atoms with Crippen molar-refractivity contribution in [3.63, 3.8) is 0 Å². The largest absolute Gasteiger partial charge is 0.356 e. The summed E-state index contributed by atoms with van der Waals surface area (Å²) in [5.41, 5.74) is 0. The average Bonchev–Trinajstić information content (AvgIpc) is 2.94. The van der Waals surface area contributed by atoms with Gasteiger partial charge in [0.05, 0.1) is 0 Å². The van der Waals surface area contributed by atoms with Crippen LogP contribution in [0.5, 0.6) is 0 Å². The molecule has 1 unspecified atom stereocenters. The first-order valence-corrected chi connectivity index (χ1v) is 11.7. The lowest BCUT2D eigenvalue weighted by Crippen LogP contribution is -2.48. The van der Waals surface area contributed by atoms with Crippen molar-refractivity contribution in [2.45, 2.75) is 71.6 Å². The first kappa shape index (κ1) is 22.8. The predicted molar refractivity (Wildman–Crippen MR) is 113 cm³/mol. The van der Waals surface area contributed by atoms with E-state index in [0.717, 1.165) is 58.0 Å². The first-order chi connectivity index (χ1) is 14.3. The van der Waals surface area contributed by atoms with E-state index in [2.05, 4.69) is 12.2 Å². The second-order valence-electron chi connectivity index (χ2n) is 9.67. The maximum absolute atomic E-state index is 12.4. The smallest absolute Gasteiger partial charge is 0.232 e. The van der Waals surface area contributed by atoms with Crippen LogP contribution < -0.4 is 5.32 Å². The standard InChI is InChI=1S/C23H37N3O4/c1-16-13-25(14-16)20(27)6-4-3-5-11-24-22(29)19-9-7-18(8-10-19)15-26-21(28)12-17(2)23(26)30/h16-19H,3-15H2,1-2H3,(H,24,29). The van der Waals surface area contributed by atoms with E-state index in [1.165, 1.54) is 4.90 Å². The monoisotopic (exact) mass is 419 g/mol. The maximum Gasteiger partial charge on any atom is 0.232 e. The number of nitrogens with one attached hydrogen (secondary N) is 1. The number of carbonyl (C=O) groups excluding carboxylic acids is 4. The van der Waals surface area contributed by atoms with Crippen LogP contribution in [0.15, 0.2) is 0 Å². The minimum atomic E-state index is -0.183. The third-order valence-corrected chi connectivity index (χ3v) is 6.91. The van der Waals surface area contributed by atoms with E-state index in [4.69, 9.17) is 0 Å². The summed E-state index contributed by atoms with van der Waals surface area (Å²) < 4.78 is 0. The van der Waals surface area contributed by atoms with Crippen LogP contribution in [0.2, 0.25) is 0 Å². The number of amides is 4. The van der Waals surface area contributed by atoms with Crippen molar-refractivity contribution < 1.29 is 19.2 Å². The summed E-state index contributed by atoms with van der Waals surface area (Å²) in [7, 11) is 0. The summed E-state index contributed by atoms with van der Waals surface area (Å²) in [5, 5.41) is 3.05. The molecule has 2 saturated heterocycles. The van der Waals surface area contributed by atoms with Crippen molar-refractivity contribution >= 4 is 23.6 Å². The van der Waals surface area contributed by atoms with Gasteiger partial charge in [-0.1, -0.05) is 20.3 Å². The number of nitrogens with zero attached hydrogens (tertiary/aromatic N) is 2. The van der Waals surface area contributed by atoms with Gasteiger partial charge >= 0.3 is 0 Å². The second kappa shape index (κ2) is 10.4. The fraction of sp³-hybridized carbons (Fsp3) is 0.826. The SMILES string of the molecule is CC1CN(C(=O)CCCCCNC(=O)C2CCC(CN3C(=O)CC(C)C3=O)CC2)C1. The van der Waals surface area contributed by atoms with Gasteiger partial charge in [-0.25, -0.2) is 0 Å². The Labute approximate surface area is 179 Å². The highest BCUT2D eigenvalue weighted by molar-refractivity contribution is 6.03. The number of likely N-dealkylation sites (tertiary alicyclic amines) is 2. The molecule has 7 nitrogen and oxygen atoms in total. The van der Waals surface area contributed by atoms with Gasteiger partial charge in [-0.2, -0.15) is 0 Å². The Morgan fingerprint density at radius 3 is 2.30 bits per heavy atom. The topological polar surface area (TPSA) is 86.8 Å². The Morgan fingerprint density at radius 1 is 1.00 bits per heavy atom. The molecular formula is C23H37N3O4. The predicted octanol–water partition coefficient (Wildman–Crippen LogP) is 2.34. The van der Waals surface area contributed by atoms with Crippen LogP contribution >= 0.6 is 0 Å². The molecule has 1 atom stereocenters. The van der Waals surface area contributed by atoms with Crippen LogP contribution in [-0.2, 0) is 19.2 Å². The lowest BCUT2D eigenvalue weighted by atomic mass is 9.81. The van der Waals surface area contributed by atoms with E-state index >= 15 is 0 Å². The zero-order chi connectivity index (χ0) is 21.7. The highest BCUT2D eigenvalue weighted by Gasteiger charge is 2.37. The van der Waals surface area contributed by atoms with Gasteiger partial charge in [0.1, 0.15) is 0 Å². The third-order valence-electron chi connectivity index (χ3n) is 6.91. The van der Waals surface area contributed by atoms with Gasteiger partial charge in [-0.3, -0.25) is 24.1 Å². The fourth-order valence-electron chi connectivity index (χ4n) is 4.90. The summed E-state index contributed by atoms with van der Waals surface area (Å²) in [5.74, 6) is 1.13. The zero-order valence-corrected chi connectivity index (χ0v) is 18.5. The maximum atomic E-state index is 12.4. The molecular weight excluding hydrogens is 382 g/mol. The molecule has 3 fully saturated rings. The van der Waals surface area contributed by atoms with E-state index in [1.54, 1.807) is 0 Å². The number of hydrogen-bond acceptors (Lipinski definition) is 4. The van der Waals surface area contributed by atoms with Crippen molar-refractivity contribution in [3.8, 4) is 0 Å². The molecule has 0 aromatic carbocycles. The molecule has 2 aliphatic heterocycles. The van der Waals surface area contributed by atoms with Crippen LogP contribution in [0, 0.1) is 23.7 Å². The van der Waals surface area contributed by atoms with Crippen molar-refractivity contribution in [1.29, 1.82) is 0 Å². The Morgan fingerprint density at radius 2 is 1.70 bits per heavy atom. The Balaban J connectivity index is 1.23. The van der Waals surface area contributed by atoms with Gasteiger partial charge in [0.15, 0.2) is 0 Å². The molecule has 1 N–H and O–H groups in total. The third kappa shape index (κ3) is 5.82. The van der Waals surface area contributed by atoms with Crippen LogP contribution in [0.4, 0.5) is 0 Å². The normalized spacial score (nSPS) is 27.3. The zero-order valence-electron chi connectivity index (χ0n) is 18.5. The number of imide groups is 1. The quantitative estimate of drug-likeness (QED) is 0.459. The Hall–Kier alpha value is -1.92. The number of hydrogen-bond donors (Lipinski definition) is 1. The molecule has 0 bridgehead atoms. The van der Waals surface area contributed by atoms with Gasteiger partial charge in [0, 0.05) is 50.9 Å². The number of rotatable bonds is 9. The summed E-state index contributed by atoms with van der Waals surface area (Å²) in [4.78, 5) is 51.7. The summed E-state index contributed by atoms with van der Waals surface area (Å²) >= 11 is 0. The molecule has 168 valence electrons. The van der Waals surface area contributed by atoms with Crippen LogP contribution in [0.1, 0.15) is 71.6 Å². The van der Waals surface area contributed by atoms with E-state index in [-0.39, 0.29) is 35.5 Å². The molecule has 3 rings (SSSR count). The fourth-order valence-corrected chi connectivity index (χ4v) is 4.90. The van der Waals surface area contributed by atoms with Crippen LogP contribution in [-0.4, -0.2) is 59.6 Å². The Kier molecular flexibility index (Phi) is 7.89. The van der Waals surface area contributed by atoms with E-state index in [9.17, 15) is 19.2 Å². The molecule has 0 radical (unpaired) electrons. The molecule has 2 heterocycles. The molecule has 0 aromatic heterocycles. The van der Waals surface area contributed by atoms with Gasteiger partial charge in [-0.15, -0.1) is 0 Å². The van der Waals surface area contributed by atoms with Crippen LogP contribution in [0.3, 0.4) is 0 Å². The minimum absolute atomic E-state index is 0.0407. The number of carbonyl (C=O) groups is 4. The summed E-state index contributed by atoms with van der Waals surface area (Å²) in [6.07, 6.45) is 7.13. The van der Waals surface area contributed by atoms with Gasteiger partial charge in [0.2, 0.25) is 23.6 Å². The highest BCUT2D eigenvalue weighted by Crippen LogP contribution is 2.31.